The Bertz CT molecular complexity index is 867. The summed E-state index contributed by atoms with van der Waals surface area (Å²) in [5.41, 5.74) is 14.3. The van der Waals surface area contributed by atoms with Crippen molar-refractivity contribution >= 4 is 23.1 Å². The molecule has 1 aromatic carbocycles. The molecule has 2 aromatic heterocycles. The molecule has 132 valence electrons. The highest BCUT2D eigenvalue weighted by Gasteiger charge is 2.19. The summed E-state index contributed by atoms with van der Waals surface area (Å²) < 4.78 is 7.71. The highest BCUT2D eigenvalue weighted by atomic mass is 16.5. The van der Waals surface area contributed by atoms with Gasteiger partial charge < -0.3 is 16.2 Å². The van der Waals surface area contributed by atoms with Gasteiger partial charge in [0, 0.05) is 6.54 Å². The number of aryl methyl sites for hydroxylation is 1. The van der Waals surface area contributed by atoms with E-state index in [1.807, 2.05) is 34.9 Å². The number of ether oxygens (including phenoxy) is 1. The molecule has 7 heteroatoms. The summed E-state index contributed by atoms with van der Waals surface area (Å²) in [6, 6.07) is 9.85. The Morgan fingerprint density at radius 1 is 1.04 bits per heavy atom. The number of nitrogens with zero attached hydrogens (tertiary/aromatic N) is 4. The van der Waals surface area contributed by atoms with Gasteiger partial charge in [-0.25, -0.2) is 4.98 Å². The number of imidazole rings is 1. The summed E-state index contributed by atoms with van der Waals surface area (Å²) in [4.78, 5) is 12.9. The SMILES string of the molecule is CC(C)(C)CCn1c(N)nc2c(OCc3ccccc3)nc(N)nc21. The number of benzene rings is 1. The lowest BCUT2D eigenvalue weighted by atomic mass is 9.92. The van der Waals surface area contributed by atoms with Crippen LogP contribution < -0.4 is 16.2 Å². The zero-order chi connectivity index (χ0) is 18.0. The first-order valence-corrected chi connectivity index (χ1v) is 8.29. The molecule has 0 saturated carbocycles. The fraction of sp³-hybridized carbons (Fsp3) is 0.389. The van der Waals surface area contributed by atoms with E-state index in [1.54, 1.807) is 0 Å². The molecule has 3 rings (SSSR count). The van der Waals surface area contributed by atoms with E-state index >= 15 is 0 Å². The van der Waals surface area contributed by atoms with Crippen LogP contribution in [0, 0.1) is 5.41 Å². The molecule has 0 aliphatic heterocycles. The largest absolute Gasteiger partial charge is 0.471 e. The molecule has 0 fully saturated rings. The summed E-state index contributed by atoms with van der Waals surface area (Å²) >= 11 is 0. The number of fused-ring (bicyclic) bond motifs is 1. The van der Waals surface area contributed by atoms with Crippen molar-refractivity contribution < 1.29 is 4.74 Å². The van der Waals surface area contributed by atoms with Crippen molar-refractivity contribution in [2.45, 2.75) is 40.3 Å². The van der Waals surface area contributed by atoms with Crippen LogP contribution in [-0.4, -0.2) is 19.5 Å². The van der Waals surface area contributed by atoms with Gasteiger partial charge in [-0.3, -0.25) is 4.57 Å². The van der Waals surface area contributed by atoms with Crippen LogP contribution in [0.3, 0.4) is 0 Å². The second-order valence-corrected chi connectivity index (χ2v) is 7.27. The first-order valence-electron chi connectivity index (χ1n) is 8.29. The molecular weight excluding hydrogens is 316 g/mol. The molecular formula is C18H24N6O. The number of rotatable bonds is 5. The standard InChI is InChI=1S/C18H24N6O/c1-18(2,3)9-10-24-14-13(21-17(24)20)15(23-16(19)22-14)25-11-12-7-5-4-6-8-12/h4-8H,9-11H2,1-3H3,(H2,20,21)(H2,19,22,23). The number of aromatic nitrogens is 4. The average molecular weight is 340 g/mol. The minimum Gasteiger partial charge on any atom is -0.471 e. The maximum Gasteiger partial charge on any atom is 0.247 e. The molecule has 0 atom stereocenters. The van der Waals surface area contributed by atoms with Crippen molar-refractivity contribution in [1.82, 2.24) is 19.5 Å². The van der Waals surface area contributed by atoms with Crippen LogP contribution >= 0.6 is 0 Å². The minimum atomic E-state index is 0.146. The van der Waals surface area contributed by atoms with E-state index in [2.05, 4.69) is 35.7 Å². The monoisotopic (exact) mass is 340 g/mol. The van der Waals surface area contributed by atoms with Gasteiger partial charge in [0.1, 0.15) is 6.61 Å². The first kappa shape index (κ1) is 17.0. The molecule has 0 spiro atoms. The van der Waals surface area contributed by atoms with Gasteiger partial charge in [-0.2, -0.15) is 9.97 Å². The molecule has 25 heavy (non-hydrogen) atoms. The van der Waals surface area contributed by atoms with Crippen LogP contribution in [0.5, 0.6) is 5.88 Å². The van der Waals surface area contributed by atoms with Crippen LogP contribution in [-0.2, 0) is 13.2 Å². The zero-order valence-corrected chi connectivity index (χ0v) is 14.9. The molecule has 0 amide bonds. The van der Waals surface area contributed by atoms with Gasteiger partial charge in [-0.15, -0.1) is 0 Å². The fourth-order valence-electron chi connectivity index (χ4n) is 2.50. The van der Waals surface area contributed by atoms with Crippen LogP contribution in [0.1, 0.15) is 32.8 Å². The van der Waals surface area contributed by atoms with Gasteiger partial charge in [-0.05, 0) is 17.4 Å². The van der Waals surface area contributed by atoms with E-state index < -0.39 is 0 Å². The lowest BCUT2D eigenvalue weighted by molar-refractivity contribution is 0.297. The maximum atomic E-state index is 6.10. The van der Waals surface area contributed by atoms with E-state index in [0.29, 0.717) is 36.1 Å². The molecule has 0 aliphatic rings. The minimum absolute atomic E-state index is 0.146. The Hall–Kier alpha value is -2.83. The second-order valence-electron chi connectivity index (χ2n) is 7.27. The maximum absolute atomic E-state index is 6.10. The van der Waals surface area contributed by atoms with E-state index in [1.165, 1.54) is 0 Å². The van der Waals surface area contributed by atoms with E-state index in [4.69, 9.17) is 16.2 Å². The van der Waals surface area contributed by atoms with Crippen molar-refractivity contribution in [3.63, 3.8) is 0 Å². The van der Waals surface area contributed by atoms with Gasteiger partial charge in [0.05, 0.1) is 0 Å². The van der Waals surface area contributed by atoms with Gasteiger partial charge in [0.25, 0.3) is 0 Å². The summed E-state index contributed by atoms with van der Waals surface area (Å²) in [5, 5.41) is 0. The summed E-state index contributed by atoms with van der Waals surface area (Å²) in [7, 11) is 0. The molecule has 0 bridgehead atoms. The first-order chi connectivity index (χ1) is 11.8. The number of anilines is 2. The van der Waals surface area contributed by atoms with Crippen LogP contribution in [0.15, 0.2) is 30.3 Å². The molecule has 0 radical (unpaired) electrons. The smallest absolute Gasteiger partial charge is 0.247 e. The lowest BCUT2D eigenvalue weighted by Gasteiger charge is -2.18. The second kappa shape index (κ2) is 6.58. The van der Waals surface area contributed by atoms with Gasteiger partial charge in [0.2, 0.25) is 17.8 Å². The third kappa shape index (κ3) is 3.99. The third-order valence-electron chi connectivity index (χ3n) is 3.91. The molecule has 2 heterocycles. The Morgan fingerprint density at radius 2 is 1.76 bits per heavy atom. The van der Waals surface area contributed by atoms with Gasteiger partial charge >= 0.3 is 0 Å². The van der Waals surface area contributed by atoms with Crippen LogP contribution in [0.2, 0.25) is 0 Å². The third-order valence-corrected chi connectivity index (χ3v) is 3.91. The number of nitrogens with two attached hydrogens (primary N) is 2. The Kier molecular flexibility index (Phi) is 4.48. The Morgan fingerprint density at radius 3 is 2.44 bits per heavy atom. The van der Waals surface area contributed by atoms with Crippen molar-refractivity contribution in [3.05, 3.63) is 35.9 Å². The summed E-state index contributed by atoms with van der Waals surface area (Å²) in [6.07, 6.45) is 0.937. The fourth-order valence-corrected chi connectivity index (χ4v) is 2.50. The number of nitrogen functional groups attached to an aromatic ring is 2. The van der Waals surface area contributed by atoms with E-state index in [9.17, 15) is 0 Å². The summed E-state index contributed by atoms with van der Waals surface area (Å²) in [6.45, 7) is 7.63. The van der Waals surface area contributed by atoms with Gasteiger partial charge in [-0.1, -0.05) is 51.1 Å². The number of hydrogen-bond acceptors (Lipinski definition) is 6. The normalized spacial score (nSPS) is 11.8. The molecule has 4 N–H and O–H groups in total. The number of hydrogen-bond donors (Lipinski definition) is 2. The topological polar surface area (TPSA) is 105 Å². The van der Waals surface area contributed by atoms with E-state index in [0.717, 1.165) is 12.0 Å². The molecule has 0 unspecified atom stereocenters. The van der Waals surface area contributed by atoms with Crippen molar-refractivity contribution in [1.29, 1.82) is 0 Å². The molecule has 0 saturated heterocycles. The zero-order valence-electron chi connectivity index (χ0n) is 14.9. The van der Waals surface area contributed by atoms with Crippen LogP contribution in [0.25, 0.3) is 11.2 Å². The average Bonchev–Trinajstić information content (AvgIpc) is 2.86. The van der Waals surface area contributed by atoms with Crippen molar-refractivity contribution in [2.75, 3.05) is 11.5 Å². The lowest BCUT2D eigenvalue weighted by Crippen LogP contribution is -2.12. The summed E-state index contributed by atoms with van der Waals surface area (Å²) in [5.74, 6) is 0.892. The van der Waals surface area contributed by atoms with Crippen molar-refractivity contribution in [2.24, 2.45) is 5.41 Å². The predicted molar refractivity (Wildman–Crippen MR) is 99.0 cm³/mol. The van der Waals surface area contributed by atoms with E-state index in [-0.39, 0.29) is 11.4 Å². The van der Waals surface area contributed by atoms with Crippen molar-refractivity contribution in [3.8, 4) is 5.88 Å². The Labute approximate surface area is 147 Å². The quantitative estimate of drug-likeness (QED) is 0.740. The van der Waals surface area contributed by atoms with Crippen LogP contribution in [0.4, 0.5) is 11.9 Å². The van der Waals surface area contributed by atoms with Gasteiger partial charge in [0.15, 0.2) is 11.2 Å². The highest BCUT2D eigenvalue weighted by molar-refractivity contribution is 5.80. The molecule has 7 nitrogen and oxygen atoms in total. The predicted octanol–water partition coefficient (Wildman–Crippen LogP) is 3.01. The Balaban J connectivity index is 1.91. The molecule has 3 aromatic rings. The molecule has 0 aliphatic carbocycles. The highest BCUT2D eigenvalue weighted by Crippen LogP contribution is 2.28.